The van der Waals surface area contributed by atoms with Gasteiger partial charge in [0.05, 0.1) is 9.47 Å². The van der Waals surface area contributed by atoms with Gasteiger partial charge in [-0.2, -0.15) is 0 Å². The van der Waals surface area contributed by atoms with E-state index in [4.69, 9.17) is 5.73 Å². The van der Waals surface area contributed by atoms with Crippen LogP contribution in [-0.4, -0.2) is 0 Å². The van der Waals surface area contributed by atoms with Crippen molar-refractivity contribution >= 4 is 33.0 Å². The number of halogens is 1. The number of hydrogen-bond acceptors (Lipinski definition) is 2. The van der Waals surface area contributed by atoms with E-state index in [1.807, 2.05) is 6.07 Å². The van der Waals surface area contributed by atoms with Gasteiger partial charge in [-0.05, 0) is 28.4 Å². The van der Waals surface area contributed by atoms with E-state index in [0.717, 1.165) is 15.9 Å². The van der Waals surface area contributed by atoms with Crippen molar-refractivity contribution in [1.82, 2.24) is 0 Å². The van der Waals surface area contributed by atoms with Crippen LogP contribution in [0.2, 0.25) is 0 Å². The van der Waals surface area contributed by atoms with Gasteiger partial charge in [-0.3, -0.25) is 0 Å². The summed E-state index contributed by atoms with van der Waals surface area (Å²) in [6.07, 6.45) is 1.07. The van der Waals surface area contributed by atoms with Crippen LogP contribution in [0.3, 0.4) is 0 Å². The highest BCUT2D eigenvalue weighted by atomic mass is 79.9. The first-order valence-electron chi connectivity index (χ1n) is 2.77. The van der Waals surface area contributed by atoms with Crippen LogP contribution in [-0.2, 0) is 6.42 Å². The molecule has 0 fully saturated rings. The summed E-state index contributed by atoms with van der Waals surface area (Å²) in [6, 6.07) is 2.01. The number of nitrogens with two attached hydrogens (primary N) is 1. The number of anilines is 1. The number of nitrogen functional groups attached to an aromatic ring is 1. The molecule has 0 bridgehead atoms. The van der Waals surface area contributed by atoms with Gasteiger partial charge < -0.3 is 5.73 Å². The van der Waals surface area contributed by atoms with Crippen LogP contribution in [0.4, 0.5) is 5.69 Å². The zero-order valence-corrected chi connectivity index (χ0v) is 7.55. The Morgan fingerprint density at radius 1 is 1.78 bits per heavy atom. The smallest absolute Gasteiger partial charge is 0.0930 e. The largest absolute Gasteiger partial charge is 0.397 e. The van der Waals surface area contributed by atoms with Gasteiger partial charge in [0.2, 0.25) is 0 Å². The second-order valence-electron chi connectivity index (χ2n) is 1.80. The molecular weight excluding hydrogens is 198 g/mol. The Morgan fingerprint density at radius 2 is 2.44 bits per heavy atom. The minimum atomic E-state index is 0.858. The van der Waals surface area contributed by atoms with Crippen molar-refractivity contribution in [2.75, 3.05) is 5.73 Å². The molecule has 0 spiro atoms. The van der Waals surface area contributed by atoms with Gasteiger partial charge in [0.1, 0.15) is 0 Å². The van der Waals surface area contributed by atoms with Gasteiger partial charge in [-0.15, -0.1) is 11.3 Å². The highest BCUT2D eigenvalue weighted by molar-refractivity contribution is 9.11. The lowest BCUT2D eigenvalue weighted by molar-refractivity contribution is 1.19. The quantitative estimate of drug-likeness (QED) is 0.750. The highest BCUT2D eigenvalue weighted by Crippen LogP contribution is 2.29. The molecule has 0 aliphatic rings. The Balaban J connectivity index is 2.98. The molecule has 1 rings (SSSR count). The molecule has 1 heterocycles. The molecule has 1 aromatic rings. The fourth-order valence-electron chi connectivity index (χ4n) is 0.608. The Bertz CT molecular complexity index is 187. The van der Waals surface area contributed by atoms with E-state index >= 15 is 0 Å². The Labute approximate surface area is 67.0 Å². The SMILES string of the molecule is CCc1cc(N)c(Br)s1. The number of rotatable bonds is 1. The van der Waals surface area contributed by atoms with Crippen LogP contribution in [0.5, 0.6) is 0 Å². The molecule has 2 N–H and O–H groups in total. The molecule has 0 atom stereocenters. The first-order chi connectivity index (χ1) is 4.24. The van der Waals surface area contributed by atoms with Crippen molar-refractivity contribution in [3.8, 4) is 0 Å². The monoisotopic (exact) mass is 205 g/mol. The van der Waals surface area contributed by atoms with Crippen LogP contribution in [0.15, 0.2) is 9.85 Å². The molecule has 0 saturated heterocycles. The van der Waals surface area contributed by atoms with Gasteiger partial charge >= 0.3 is 0 Å². The van der Waals surface area contributed by atoms with E-state index in [9.17, 15) is 0 Å². The second kappa shape index (κ2) is 2.71. The maximum absolute atomic E-state index is 5.58. The van der Waals surface area contributed by atoms with Crippen molar-refractivity contribution in [2.24, 2.45) is 0 Å². The normalized spacial score (nSPS) is 10.0. The Morgan fingerprint density at radius 3 is 2.67 bits per heavy atom. The third kappa shape index (κ3) is 1.46. The summed E-state index contributed by atoms with van der Waals surface area (Å²) in [6.45, 7) is 2.12. The maximum Gasteiger partial charge on any atom is 0.0930 e. The predicted molar refractivity (Wildman–Crippen MR) is 45.8 cm³/mol. The summed E-state index contributed by atoms with van der Waals surface area (Å²) >= 11 is 5.06. The maximum atomic E-state index is 5.58. The van der Waals surface area contributed by atoms with E-state index in [-0.39, 0.29) is 0 Å². The molecule has 9 heavy (non-hydrogen) atoms. The van der Waals surface area contributed by atoms with Gasteiger partial charge in [-0.1, -0.05) is 6.92 Å². The highest BCUT2D eigenvalue weighted by Gasteiger charge is 1.99. The van der Waals surface area contributed by atoms with Gasteiger partial charge in [-0.25, -0.2) is 0 Å². The molecule has 0 saturated carbocycles. The molecule has 1 aromatic heterocycles. The third-order valence-corrected chi connectivity index (χ3v) is 3.14. The van der Waals surface area contributed by atoms with Crippen molar-refractivity contribution in [3.63, 3.8) is 0 Å². The Hall–Kier alpha value is -0.0200. The number of aryl methyl sites for hydroxylation is 1. The van der Waals surface area contributed by atoms with Crippen molar-refractivity contribution in [2.45, 2.75) is 13.3 Å². The fourth-order valence-corrected chi connectivity index (χ4v) is 2.08. The molecule has 3 heteroatoms. The lowest BCUT2D eigenvalue weighted by Gasteiger charge is -1.79. The van der Waals surface area contributed by atoms with E-state index in [1.165, 1.54) is 4.88 Å². The van der Waals surface area contributed by atoms with Crippen LogP contribution in [0.1, 0.15) is 11.8 Å². The van der Waals surface area contributed by atoms with E-state index in [1.54, 1.807) is 11.3 Å². The molecule has 1 nitrogen and oxygen atoms in total. The molecule has 0 radical (unpaired) electrons. The standard InChI is InChI=1S/C6H8BrNS/c1-2-4-3-5(8)6(7)9-4/h3H,2,8H2,1H3. The van der Waals surface area contributed by atoms with Crippen molar-refractivity contribution < 1.29 is 0 Å². The minimum absolute atomic E-state index is 0.858. The molecular formula is C6H8BrNS. The van der Waals surface area contributed by atoms with E-state index < -0.39 is 0 Å². The average molecular weight is 206 g/mol. The third-order valence-electron chi connectivity index (χ3n) is 1.11. The first-order valence-corrected chi connectivity index (χ1v) is 4.38. The topological polar surface area (TPSA) is 26.0 Å². The number of thiophene rings is 1. The van der Waals surface area contributed by atoms with E-state index in [2.05, 4.69) is 22.9 Å². The average Bonchev–Trinajstić information content (AvgIpc) is 2.13. The summed E-state index contributed by atoms with van der Waals surface area (Å²) in [5, 5.41) is 0. The summed E-state index contributed by atoms with van der Waals surface area (Å²) in [4.78, 5) is 1.33. The van der Waals surface area contributed by atoms with Crippen LogP contribution in [0.25, 0.3) is 0 Å². The fraction of sp³-hybridized carbons (Fsp3) is 0.333. The Kier molecular flexibility index (Phi) is 2.13. The second-order valence-corrected chi connectivity index (χ2v) is 4.25. The molecule has 0 aromatic carbocycles. The van der Waals surface area contributed by atoms with Crippen molar-refractivity contribution in [1.29, 1.82) is 0 Å². The summed E-state index contributed by atoms with van der Waals surface area (Å²) < 4.78 is 1.05. The van der Waals surface area contributed by atoms with Crippen molar-refractivity contribution in [3.05, 3.63) is 14.7 Å². The van der Waals surface area contributed by atoms with Crippen LogP contribution >= 0.6 is 27.3 Å². The lowest BCUT2D eigenvalue weighted by atomic mass is 10.4. The van der Waals surface area contributed by atoms with Crippen LogP contribution in [0, 0.1) is 0 Å². The molecule has 50 valence electrons. The molecule has 0 aliphatic heterocycles. The predicted octanol–water partition coefficient (Wildman–Crippen LogP) is 2.66. The minimum Gasteiger partial charge on any atom is -0.397 e. The summed E-state index contributed by atoms with van der Waals surface area (Å²) in [5.74, 6) is 0. The molecule has 0 aliphatic carbocycles. The van der Waals surface area contributed by atoms with Gasteiger partial charge in [0.25, 0.3) is 0 Å². The van der Waals surface area contributed by atoms with Crippen LogP contribution < -0.4 is 5.73 Å². The lowest BCUT2D eigenvalue weighted by Crippen LogP contribution is -1.78. The zero-order valence-electron chi connectivity index (χ0n) is 5.15. The van der Waals surface area contributed by atoms with E-state index in [0.29, 0.717) is 0 Å². The summed E-state index contributed by atoms with van der Waals surface area (Å²) in [7, 11) is 0. The molecule has 0 unspecified atom stereocenters. The molecule has 0 amide bonds. The number of hydrogen-bond donors (Lipinski definition) is 1. The first kappa shape index (κ1) is 7.09. The van der Waals surface area contributed by atoms with Gasteiger partial charge in [0, 0.05) is 4.88 Å². The zero-order chi connectivity index (χ0) is 6.85. The summed E-state index contributed by atoms with van der Waals surface area (Å²) in [5.41, 5.74) is 6.44. The van der Waals surface area contributed by atoms with Gasteiger partial charge in [0.15, 0.2) is 0 Å².